The first-order chi connectivity index (χ1) is 15.6. The molecular weight excluding hydrogens is 406 g/mol. The molecule has 2 aliphatic rings. The molecule has 3 atom stereocenters. The van der Waals surface area contributed by atoms with Crippen LogP contribution >= 0.6 is 0 Å². The Hall–Kier alpha value is -0.160. The lowest BCUT2D eigenvalue weighted by atomic mass is 9.94. The zero-order valence-corrected chi connectivity index (χ0v) is 23.7. The van der Waals surface area contributed by atoms with Crippen molar-refractivity contribution in [1.29, 1.82) is 0 Å². The molecule has 0 aliphatic carbocycles. The van der Waals surface area contributed by atoms with Gasteiger partial charge < -0.3 is 19.4 Å². The van der Waals surface area contributed by atoms with Gasteiger partial charge in [-0.1, -0.05) is 34.6 Å². The molecule has 0 bridgehead atoms. The summed E-state index contributed by atoms with van der Waals surface area (Å²) >= 11 is 0. The first kappa shape index (κ1) is 29.1. The Bertz CT molecular complexity index is 495. The fourth-order valence-electron chi connectivity index (χ4n) is 6.01. The number of piperidine rings is 2. The third kappa shape index (κ3) is 11.4. The van der Waals surface area contributed by atoms with E-state index < -0.39 is 0 Å². The summed E-state index contributed by atoms with van der Waals surface area (Å²) in [5.74, 6) is 2.35. The summed E-state index contributed by atoms with van der Waals surface area (Å²) in [5.41, 5.74) is 0. The fourth-order valence-corrected chi connectivity index (χ4v) is 6.01. The molecule has 0 aromatic heterocycles. The molecule has 0 spiro atoms. The first-order valence-electron chi connectivity index (χ1n) is 14.5. The van der Waals surface area contributed by atoms with E-state index in [1.54, 1.807) is 0 Å². The molecule has 2 heterocycles. The topological polar surface area (TPSA) is 19.0 Å². The second-order valence-electron chi connectivity index (χ2n) is 12.5. The number of likely N-dealkylation sites (tertiary alicyclic amines) is 2. The first-order valence-corrected chi connectivity index (χ1v) is 14.5. The van der Waals surface area contributed by atoms with Gasteiger partial charge in [0.1, 0.15) is 0 Å². The molecule has 33 heavy (non-hydrogen) atoms. The standard InChI is InChI=1S/C29H59N3O/c1-23(2)21-30(8)28-13-19-32(20-14-28)26(6)11-9-25(5)10-12-27(7)33-29-15-17-31(18-16-29)22-24(3)4/h23-29H,9-22H2,1-8H3/t25?,26?,27-/m1/s1. The average molecular weight is 466 g/mol. The smallest absolute Gasteiger partial charge is 0.0603 e. The van der Waals surface area contributed by atoms with Crippen molar-refractivity contribution in [2.24, 2.45) is 17.8 Å². The highest BCUT2D eigenvalue weighted by Gasteiger charge is 2.26. The SMILES string of the molecule is CC(C)CN1CCC(O[C@H](C)CCC(C)CCC(C)N2CCC(N(C)CC(C)C)CC2)CC1. The monoisotopic (exact) mass is 465 g/mol. The molecular formula is C29H59N3O. The van der Waals surface area contributed by atoms with Gasteiger partial charge in [-0.25, -0.2) is 0 Å². The van der Waals surface area contributed by atoms with E-state index in [9.17, 15) is 0 Å². The van der Waals surface area contributed by atoms with E-state index in [4.69, 9.17) is 4.74 Å². The van der Waals surface area contributed by atoms with Crippen molar-refractivity contribution in [2.45, 2.75) is 124 Å². The van der Waals surface area contributed by atoms with E-state index >= 15 is 0 Å². The zero-order chi connectivity index (χ0) is 24.4. The van der Waals surface area contributed by atoms with Crippen molar-refractivity contribution < 1.29 is 4.74 Å². The van der Waals surface area contributed by atoms with Crippen LogP contribution in [-0.4, -0.2) is 85.3 Å². The average Bonchev–Trinajstić information content (AvgIpc) is 2.76. The van der Waals surface area contributed by atoms with Gasteiger partial charge in [0.25, 0.3) is 0 Å². The number of hydrogen-bond donors (Lipinski definition) is 0. The number of nitrogens with zero attached hydrogens (tertiary/aromatic N) is 3. The van der Waals surface area contributed by atoms with E-state index in [0.717, 1.165) is 29.8 Å². The molecule has 0 amide bonds. The van der Waals surface area contributed by atoms with Crippen LogP contribution in [0, 0.1) is 17.8 Å². The largest absolute Gasteiger partial charge is 0.375 e. The van der Waals surface area contributed by atoms with E-state index in [0.29, 0.717) is 12.2 Å². The third-order valence-corrected chi connectivity index (χ3v) is 8.12. The Morgan fingerprint density at radius 3 is 1.94 bits per heavy atom. The van der Waals surface area contributed by atoms with Gasteiger partial charge in [0.2, 0.25) is 0 Å². The van der Waals surface area contributed by atoms with E-state index in [1.165, 1.54) is 90.6 Å². The van der Waals surface area contributed by atoms with Crippen molar-refractivity contribution in [2.75, 3.05) is 46.3 Å². The lowest BCUT2D eigenvalue weighted by Crippen LogP contribution is -2.47. The van der Waals surface area contributed by atoms with Gasteiger partial charge >= 0.3 is 0 Å². The Morgan fingerprint density at radius 2 is 1.36 bits per heavy atom. The molecule has 0 radical (unpaired) electrons. The van der Waals surface area contributed by atoms with Crippen molar-refractivity contribution in [3.8, 4) is 0 Å². The summed E-state index contributed by atoms with van der Waals surface area (Å²) < 4.78 is 6.43. The third-order valence-electron chi connectivity index (χ3n) is 8.12. The molecule has 2 saturated heterocycles. The van der Waals surface area contributed by atoms with Crippen LogP contribution in [0.3, 0.4) is 0 Å². The van der Waals surface area contributed by atoms with Crippen LogP contribution in [0.25, 0.3) is 0 Å². The van der Waals surface area contributed by atoms with Gasteiger partial charge in [0.15, 0.2) is 0 Å². The van der Waals surface area contributed by atoms with Crippen LogP contribution in [0.5, 0.6) is 0 Å². The van der Waals surface area contributed by atoms with Gasteiger partial charge in [-0.15, -0.1) is 0 Å². The summed E-state index contributed by atoms with van der Waals surface area (Å²) in [7, 11) is 2.33. The quantitative estimate of drug-likeness (QED) is 0.306. The number of hydrogen-bond acceptors (Lipinski definition) is 4. The Balaban J connectivity index is 1.55. The fraction of sp³-hybridized carbons (Fsp3) is 1.00. The predicted molar refractivity (Wildman–Crippen MR) is 144 cm³/mol. The molecule has 0 N–H and O–H groups in total. The molecule has 4 heteroatoms. The highest BCUT2D eigenvalue weighted by Crippen LogP contribution is 2.24. The minimum absolute atomic E-state index is 0.411. The summed E-state index contributed by atoms with van der Waals surface area (Å²) in [6.45, 7) is 24.0. The van der Waals surface area contributed by atoms with Gasteiger partial charge in [0, 0.05) is 38.3 Å². The summed E-state index contributed by atoms with van der Waals surface area (Å²) in [4.78, 5) is 7.97. The molecule has 2 aliphatic heterocycles. The highest BCUT2D eigenvalue weighted by atomic mass is 16.5. The molecule has 0 saturated carbocycles. The van der Waals surface area contributed by atoms with Crippen LogP contribution in [0.15, 0.2) is 0 Å². The zero-order valence-electron chi connectivity index (χ0n) is 23.7. The summed E-state index contributed by atoms with van der Waals surface area (Å²) in [6, 6.07) is 1.52. The maximum Gasteiger partial charge on any atom is 0.0603 e. The molecule has 2 unspecified atom stereocenters. The van der Waals surface area contributed by atoms with Crippen molar-refractivity contribution >= 4 is 0 Å². The maximum absolute atomic E-state index is 6.43. The Kier molecular flexibility index (Phi) is 13.3. The minimum Gasteiger partial charge on any atom is -0.375 e. The molecule has 4 nitrogen and oxygen atoms in total. The summed E-state index contributed by atoms with van der Waals surface area (Å²) in [5, 5.41) is 0. The van der Waals surface area contributed by atoms with Crippen molar-refractivity contribution in [3.63, 3.8) is 0 Å². The summed E-state index contributed by atoms with van der Waals surface area (Å²) in [6.07, 6.45) is 11.2. The second-order valence-corrected chi connectivity index (χ2v) is 12.5. The molecule has 0 aromatic rings. The highest BCUT2D eigenvalue weighted by molar-refractivity contribution is 4.81. The van der Waals surface area contributed by atoms with Gasteiger partial charge in [-0.2, -0.15) is 0 Å². The molecule has 196 valence electrons. The van der Waals surface area contributed by atoms with E-state index in [1.807, 2.05) is 0 Å². The minimum atomic E-state index is 0.411. The van der Waals surface area contributed by atoms with Gasteiger partial charge in [-0.05, 0) is 103 Å². The van der Waals surface area contributed by atoms with Crippen LogP contribution < -0.4 is 0 Å². The van der Waals surface area contributed by atoms with Crippen LogP contribution in [0.1, 0.15) is 99.8 Å². The molecule has 0 aromatic carbocycles. The maximum atomic E-state index is 6.43. The van der Waals surface area contributed by atoms with Crippen LogP contribution in [0.2, 0.25) is 0 Å². The van der Waals surface area contributed by atoms with Crippen LogP contribution in [-0.2, 0) is 4.74 Å². The van der Waals surface area contributed by atoms with Crippen molar-refractivity contribution in [3.05, 3.63) is 0 Å². The predicted octanol–water partition coefficient (Wildman–Crippen LogP) is 6.15. The van der Waals surface area contributed by atoms with Crippen molar-refractivity contribution in [1.82, 2.24) is 14.7 Å². The van der Waals surface area contributed by atoms with Gasteiger partial charge in [0.05, 0.1) is 12.2 Å². The normalized spacial score (nSPS) is 23.0. The number of rotatable bonds is 14. The molecule has 2 rings (SSSR count). The lowest BCUT2D eigenvalue weighted by Gasteiger charge is -2.40. The molecule has 2 fully saturated rings. The Morgan fingerprint density at radius 1 is 0.758 bits per heavy atom. The van der Waals surface area contributed by atoms with Crippen LogP contribution in [0.4, 0.5) is 0 Å². The van der Waals surface area contributed by atoms with E-state index in [2.05, 4.69) is 70.2 Å². The second kappa shape index (κ2) is 15.1. The Labute approximate surface area is 207 Å². The number of ether oxygens (including phenoxy) is 1. The van der Waals surface area contributed by atoms with E-state index in [-0.39, 0.29) is 0 Å². The lowest BCUT2D eigenvalue weighted by molar-refractivity contribution is -0.0405. The van der Waals surface area contributed by atoms with Gasteiger partial charge in [-0.3, -0.25) is 0 Å².